The van der Waals surface area contributed by atoms with Crippen LogP contribution in [0.25, 0.3) is 0 Å². The fourth-order valence-electron chi connectivity index (χ4n) is 4.06. The molecule has 162 valence electrons. The summed E-state index contributed by atoms with van der Waals surface area (Å²) in [4.78, 5) is 15.1. The van der Waals surface area contributed by atoms with Crippen LogP contribution in [-0.4, -0.2) is 56.1 Å². The van der Waals surface area contributed by atoms with Gasteiger partial charge in [0.1, 0.15) is 10.7 Å². The average Bonchev–Trinajstić information content (AvgIpc) is 3.22. The first-order valence-corrected chi connectivity index (χ1v) is 11.3. The lowest BCUT2D eigenvalue weighted by atomic mass is 10.1. The van der Waals surface area contributed by atoms with Gasteiger partial charge in [-0.3, -0.25) is 4.79 Å². The summed E-state index contributed by atoms with van der Waals surface area (Å²) < 4.78 is 49.7. The quantitative estimate of drug-likeness (QED) is 0.764. The van der Waals surface area contributed by atoms with E-state index in [2.05, 4.69) is 14.9 Å². The van der Waals surface area contributed by atoms with E-state index in [1.165, 1.54) is 29.0 Å². The van der Waals surface area contributed by atoms with Gasteiger partial charge in [-0.15, -0.1) is 0 Å². The van der Waals surface area contributed by atoms with Gasteiger partial charge in [0.05, 0.1) is 6.61 Å². The Balaban J connectivity index is 1.67. The number of likely N-dealkylation sites (tertiary alicyclic amines) is 1. The highest BCUT2D eigenvalue weighted by atomic mass is 32.2. The van der Waals surface area contributed by atoms with E-state index in [0.29, 0.717) is 24.4 Å². The molecule has 2 atom stereocenters. The molecule has 2 unspecified atom stereocenters. The molecule has 2 aliphatic heterocycles. The van der Waals surface area contributed by atoms with Crippen LogP contribution in [-0.2, 0) is 17.1 Å². The molecule has 0 radical (unpaired) electrons. The second-order valence-electron chi connectivity index (χ2n) is 7.85. The van der Waals surface area contributed by atoms with Crippen LogP contribution in [0.15, 0.2) is 29.3 Å². The van der Waals surface area contributed by atoms with Crippen LogP contribution in [0.2, 0.25) is 0 Å². The molecule has 1 aromatic carbocycles. The van der Waals surface area contributed by atoms with E-state index < -0.39 is 15.9 Å². The van der Waals surface area contributed by atoms with Gasteiger partial charge >= 0.3 is 0 Å². The standard InChI is InChI=1S/C20H25FN4O4S/c1-4-25-8-13-11-29-19-17(30(27,28)23-16(13)9-25)10-24(3)18(19)20(26)22-14-5-6-15(21)12(2)7-14/h5-7,10,13,16,23H,4,8-9,11H2,1-3H3,(H,22,26). The van der Waals surface area contributed by atoms with E-state index >= 15 is 0 Å². The number of aromatic nitrogens is 1. The lowest BCUT2D eigenvalue weighted by Crippen LogP contribution is -2.43. The van der Waals surface area contributed by atoms with Crippen molar-refractivity contribution in [2.75, 3.05) is 31.6 Å². The van der Waals surface area contributed by atoms with Crippen molar-refractivity contribution in [1.82, 2.24) is 14.2 Å². The number of amides is 1. The monoisotopic (exact) mass is 436 g/mol. The number of hydrogen-bond acceptors (Lipinski definition) is 5. The Morgan fingerprint density at radius 1 is 1.37 bits per heavy atom. The Bertz CT molecular complexity index is 1100. The summed E-state index contributed by atoms with van der Waals surface area (Å²) in [5.41, 5.74) is 0.905. The zero-order chi connectivity index (χ0) is 21.6. The van der Waals surface area contributed by atoms with Crippen molar-refractivity contribution >= 4 is 21.6 Å². The molecule has 1 amide bonds. The minimum Gasteiger partial charge on any atom is -0.489 e. The van der Waals surface area contributed by atoms with E-state index in [-0.39, 0.29) is 34.1 Å². The summed E-state index contributed by atoms with van der Waals surface area (Å²) in [6.45, 7) is 6.11. The van der Waals surface area contributed by atoms with Crippen molar-refractivity contribution in [3.05, 3.63) is 41.5 Å². The average molecular weight is 437 g/mol. The first-order chi connectivity index (χ1) is 14.2. The lowest BCUT2D eigenvalue weighted by molar-refractivity contribution is 0.101. The van der Waals surface area contributed by atoms with E-state index in [9.17, 15) is 17.6 Å². The highest BCUT2D eigenvalue weighted by Crippen LogP contribution is 2.34. The summed E-state index contributed by atoms with van der Waals surface area (Å²) in [5.74, 6) is -0.873. The molecule has 0 saturated carbocycles. The molecule has 2 N–H and O–H groups in total. The number of likely N-dealkylation sites (N-methyl/N-ethyl adjacent to an activating group) is 1. The molecule has 4 rings (SSSR count). The number of anilines is 1. The molecule has 0 aliphatic carbocycles. The second kappa shape index (κ2) is 7.68. The van der Waals surface area contributed by atoms with Crippen LogP contribution in [0.1, 0.15) is 23.0 Å². The third-order valence-electron chi connectivity index (χ3n) is 5.74. The summed E-state index contributed by atoms with van der Waals surface area (Å²) in [6.07, 6.45) is 1.38. The molecule has 3 heterocycles. The molecule has 0 bridgehead atoms. The van der Waals surface area contributed by atoms with Crippen molar-refractivity contribution in [2.45, 2.75) is 24.8 Å². The molecule has 1 saturated heterocycles. The number of fused-ring (bicyclic) bond motifs is 2. The van der Waals surface area contributed by atoms with Gasteiger partial charge in [0.2, 0.25) is 10.0 Å². The Hall–Kier alpha value is -2.43. The Kier molecular flexibility index (Phi) is 5.33. The minimum atomic E-state index is -3.86. The van der Waals surface area contributed by atoms with E-state index in [4.69, 9.17) is 4.74 Å². The van der Waals surface area contributed by atoms with Crippen LogP contribution in [0.3, 0.4) is 0 Å². The maximum Gasteiger partial charge on any atom is 0.276 e. The number of nitrogens with zero attached hydrogens (tertiary/aromatic N) is 2. The smallest absolute Gasteiger partial charge is 0.276 e. The zero-order valence-electron chi connectivity index (χ0n) is 17.1. The van der Waals surface area contributed by atoms with Gasteiger partial charge in [-0.05, 0) is 37.2 Å². The fourth-order valence-corrected chi connectivity index (χ4v) is 5.55. The van der Waals surface area contributed by atoms with Gasteiger partial charge < -0.3 is 19.5 Å². The number of carbonyl (C=O) groups is 1. The van der Waals surface area contributed by atoms with Gasteiger partial charge in [-0.25, -0.2) is 17.5 Å². The topological polar surface area (TPSA) is 92.7 Å². The van der Waals surface area contributed by atoms with Crippen LogP contribution in [0.5, 0.6) is 5.75 Å². The number of halogens is 1. The molecular weight excluding hydrogens is 411 g/mol. The lowest BCUT2D eigenvalue weighted by Gasteiger charge is -2.24. The maximum absolute atomic E-state index is 13.5. The molecule has 8 nitrogen and oxygen atoms in total. The SMILES string of the molecule is CCN1CC2COc3c(cn(C)c3C(=O)Nc3ccc(F)c(C)c3)S(=O)(=O)NC2C1. The van der Waals surface area contributed by atoms with Crippen molar-refractivity contribution in [1.29, 1.82) is 0 Å². The third-order valence-corrected chi connectivity index (χ3v) is 7.22. The number of ether oxygens (including phenoxy) is 1. The Labute approximate surface area is 175 Å². The Morgan fingerprint density at radius 3 is 2.83 bits per heavy atom. The van der Waals surface area contributed by atoms with Gasteiger partial charge in [0, 0.05) is 44.0 Å². The highest BCUT2D eigenvalue weighted by Gasteiger charge is 2.40. The van der Waals surface area contributed by atoms with Gasteiger partial charge in [-0.2, -0.15) is 0 Å². The normalized spacial score (nSPS) is 23.1. The number of hydrogen-bond donors (Lipinski definition) is 2. The number of benzene rings is 1. The van der Waals surface area contributed by atoms with Crippen LogP contribution < -0.4 is 14.8 Å². The van der Waals surface area contributed by atoms with E-state index in [1.54, 1.807) is 14.0 Å². The molecular formula is C20H25FN4O4S. The maximum atomic E-state index is 13.5. The van der Waals surface area contributed by atoms with Gasteiger partial charge in [-0.1, -0.05) is 6.92 Å². The summed E-state index contributed by atoms with van der Waals surface area (Å²) in [5, 5.41) is 2.70. The molecule has 1 aromatic heterocycles. The van der Waals surface area contributed by atoms with Gasteiger partial charge in [0.15, 0.2) is 11.4 Å². The largest absolute Gasteiger partial charge is 0.489 e. The van der Waals surface area contributed by atoms with Crippen LogP contribution >= 0.6 is 0 Å². The van der Waals surface area contributed by atoms with E-state index in [1.807, 2.05) is 6.92 Å². The third kappa shape index (κ3) is 3.70. The number of sulfonamides is 1. The molecule has 2 aromatic rings. The zero-order valence-corrected chi connectivity index (χ0v) is 17.9. The summed E-state index contributed by atoms with van der Waals surface area (Å²) in [7, 11) is -2.27. The Morgan fingerprint density at radius 2 is 2.13 bits per heavy atom. The summed E-state index contributed by atoms with van der Waals surface area (Å²) >= 11 is 0. The molecule has 1 fully saturated rings. The van der Waals surface area contributed by atoms with Crippen molar-refractivity contribution in [3.63, 3.8) is 0 Å². The molecule has 30 heavy (non-hydrogen) atoms. The molecule has 10 heteroatoms. The number of nitrogens with one attached hydrogen (secondary N) is 2. The molecule has 2 aliphatic rings. The van der Waals surface area contributed by atoms with Crippen molar-refractivity contribution in [3.8, 4) is 5.75 Å². The predicted octanol–water partition coefficient (Wildman–Crippen LogP) is 1.72. The van der Waals surface area contributed by atoms with E-state index in [0.717, 1.165) is 13.1 Å². The first-order valence-electron chi connectivity index (χ1n) is 9.84. The van der Waals surface area contributed by atoms with Crippen molar-refractivity contribution < 1.29 is 22.3 Å². The summed E-state index contributed by atoms with van der Waals surface area (Å²) in [6, 6.07) is 4.00. The first kappa shape index (κ1) is 20.8. The number of carbonyl (C=O) groups excluding carboxylic acids is 1. The number of rotatable bonds is 3. The number of aryl methyl sites for hydroxylation is 2. The highest BCUT2D eigenvalue weighted by molar-refractivity contribution is 7.89. The van der Waals surface area contributed by atoms with Gasteiger partial charge in [0.25, 0.3) is 5.91 Å². The minimum absolute atomic E-state index is 0.0104. The fraction of sp³-hybridized carbons (Fsp3) is 0.450. The van der Waals surface area contributed by atoms with Crippen LogP contribution in [0, 0.1) is 18.7 Å². The van der Waals surface area contributed by atoms with Crippen LogP contribution in [0.4, 0.5) is 10.1 Å². The molecule has 0 spiro atoms. The predicted molar refractivity (Wildman–Crippen MR) is 110 cm³/mol. The van der Waals surface area contributed by atoms with Crippen molar-refractivity contribution in [2.24, 2.45) is 13.0 Å². The second-order valence-corrected chi connectivity index (χ2v) is 9.53.